The number of hydrogen-bond donors (Lipinski definition) is 0. The van der Waals surface area contributed by atoms with Crippen molar-refractivity contribution in [2.75, 3.05) is 6.61 Å². The van der Waals surface area contributed by atoms with Crippen LogP contribution in [0.5, 0.6) is 0 Å². The SMILES string of the molecule is Fc1ccc(-c2nn(CC[C@@H]3CCCO3)cc2Br)nc1. The summed E-state index contributed by atoms with van der Waals surface area (Å²) >= 11 is 3.48. The summed E-state index contributed by atoms with van der Waals surface area (Å²) in [7, 11) is 0. The summed E-state index contributed by atoms with van der Waals surface area (Å²) in [6.07, 6.45) is 6.73. The van der Waals surface area contributed by atoms with Gasteiger partial charge < -0.3 is 4.74 Å². The van der Waals surface area contributed by atoms with Crippen molar-refractivity contribution in [1.29, 1.82) is 0 Å². The molecule has 106 valence electrons. The normalized spacial score (nSPS) is 18.6. The van der Waals surface area contributed by atoms with E-state index in [1.54, 1.807) is 6.07 Å². The van der Waals surface area contributed by atoms with Crippen LogP contribution < -0.4 is 0 Å². The predicted octanol–water partition coefficient (Wildman–Crippen LogP) is 3.42. The number of halogens is 2. The van der Waals surface area contributed by atoms with Crippen molar-refractivity contribution in [2.45, 2.75) is 31.9 Å². The maximum absolute atomic E-state index is 12.9. The van der Waals surface area contributed by atoms with E-state index < -0.39 is 0 Å². The molecule has 0 radical (unpaired) electrons. The van der Waals surface area contributed by atoms with Gasteiger partial charge >= 0.3 is 0 Å². The van der Waals surface area contributed by atoms with E-state index in [1.165, 1.54) is 12.3 Å². The minimum absolute atomic E-state index is 0.345. The van der Waals surface area contributed by atoms with Crippen molar-refractivity contribution in [2.24, 2.45) is 0 Å². The van der Waals surface area contributed by atoms with Gasteiger partial charge in [0.2, 0.25) is 0 Å². The zero-order valence-electron chi connectivity index (χ0n) is 10.9. The molecule has 6 heteroatoms. The number of rotatable bonds is 4. The van der Waals surface area contributed by atoms with Crippen LogP contribution in [0.3, 0.4) is 0 Å². The molecule has 1 fully saturated rings. The van der Waals surface area contributed by atoms with Crippen LogP contribution in [-0.2, 0) is 11.3 Å². The first-order chi connectivity index (χ1) is 9.72. The molecule has 1 saturated heterocycles. The van der Waals surface area contributed by atoms with Crippen molar-refractivity contribution in [1.82, 2.24) is 14.8 Å². The van der Waals surface area contributed by atoms with Crippen LogP contribution in [0.1, 0.15) is 19.3 Å². The van der Waals surface area contributed by atoms with Gasteiger partial charge in [-0.05, 0) is 47.3 Å². The van der Waals surface area contributed by atoms with E-state index in [2.05, 4.69) is 26.0 Å². The molecule has 20 heavy (non-hydrogen) atoms. The van der Waals surface area contributed by atoms with Gasteiger partial charge in [-0.3, -0.25) is 9.67 Å². The highest BCUT2D eigenvalue weighted by atomic mass is 79.9. The molecule has 1 atom stereocenters. The summed E-state index contributed by atoms with van der Waals surface area (Å²) in [5.41, 5.74) is 1.39. The Kier molecular flexibility index (Phi) is 4.12. The number of hydrogen-bond acceptors (Lipinski definition) is 3. The first-order valence-electron chi connectivity index (χ1n) is 6.69. The van der Waals surface area contributed by atoms with Crippen molar-refractivity contribution in [3.05, 3.63) is 34.8 Å². The van der Waals surface area contributed by atoms with E-state index in [-0.39, 0.29) is 5.82 Å². The van der Waals surface area contributed by atoms with Crippen molar-refractivity contribution < 1.29 is 9.13 Å². The lowest BCUT2D eigenvalue weighted by atomic mass is 10.2. The van der Waals surface area contributed by atoms with E-state index >= 15 is 0 Å². The Labute approximate surface area is 125 Å². The third-order valence-electron chi connectivity index (χ3n) is 3.39. The zero-order valence-corrected chi connectivity index (χ0v) is 12.5. The van der Waals surface area contributed by atoms with E-state index in [9.17, 15) is 4.39 Å². The van der Waals surface area contributed by atoms with Gasteiger partial charge in [0, 0.05) is 19.3 Å². The molecular weight excluding hydrogens is 325 g/mol. The molecule has 0 bridgehead atoms. The van der Waals surface area contributed by atoms with Crippen molar-refractivity contribution >= 4 is 15.9 Å². The van der Waals surface area contributed by atoms with Gasteiger partial charge in [0.15, 0.2) is 0 Å². The number of pyridine rings is 1. The Morgan fingerprint density at radius 1 is 1.45 bits per heavy atom. The molecule has 0 saturated carbocycles. The second-order valence-corrected chi connectivity index (χ2v) is 5.73. The summed E-state index contributed by atoms with van der Waals surface area (Å²) < 4.78 is 21.2. The topological polar surface area (TPSA) is 39.9 Å². The van der Waals surface area contributed by atoms with Gasteiger partial charge in [-0.25, -0.2) is 4.39 Å². The lowest BCUT2D eigenvalue weighted by Crippen LogP contribution is -2.10. The average molecular weight is 340 g/mol. The highest BCUT2D eigenvalue weighted by Crippen LogP contribution is 2.25. The number of aryl methyl sites for hydroxylation is 1. The molecule has 1 aliphatic rings. The average Bonchev–Trinajstić information content (AvgIpc) is 3.07. The number of ether oxygens (including phenoxy) is 1. The summed E-state index contributed by atoms with van der Waals surface area (Å²) in [6, 6.07) is 3.02. The second-order valence-electron chi connectivity index (χ2n) is 4.87. The fourth-order valence-electron chi connectivity index (χ4n) is 2.35. The van der Waals surface area contributed by atoms with E-state index in [1.807, 2.05) is 10.9 Å². The summed E-state index contributed by atoms with van der Waals surface area (Å²) in [5.74, 6) is -0.345. The van der Waals surface area contributed by atoms with Crippen LogP contribution in [0.4, 0.5) is 4.39 Å². The van der Waals surface area contributed by atoms with Crippen molar-refractivity contribution in [3.8, 4) is 11.4 Å². The second kappa shape index (κ2) is 6.01. The fraction of sp³-hybridized carbons (Fsp3) is 0.429. The van der Waals surface area contributed by atoms with Gasteiger partial charge in [0.1, 0.15) is 11.5 Å². The standard InChI is InChI=1S/C14H15BrFN3O/c15-12-9-19(6-5-11-2-1-7-20-11)18-14(12)13-4-3-10(16)8-17-13/h3-4,8-9,11H,1-2,5-7H2/t11-/m0/s1. The molecule has 2 aromatic rings. The predicted molar refractivity (Wildman–Crippen MR) is 76.7 cm³/mol. The molecule has 2 aromatic heterocycles. The van der Waals surface area contributed by atoms with Crippen LogP contribution in [0.15, 0.2) is 29.0 Å². The maximum atomic E-state index is 12.9. The monoisotopic (exact) mass is 339 g/mol. The highest BCUT2D eigenvalue weighted by Gasteiger charge is 2.16. The Morgan fingerprint density at radius 2 is 2.35 bits per heavy atom. The molecule has 3 heterocycles. The molecule has 3 rings (SSSR count). The van der Waals surface area contributed by atoms with Crippen LogP contribution in [0.2, 0.25) is 0 Å². The van der Waals surface area contributed by atoms with Crippen LogP contribution in [-0.4, -0.2) is 27.5 Å². The first kappa shape index (κ1) is 13.7. The smallest absolute Gasteiger partial charge is 0.141 e. The van der Waals surface area contributed by atoms with E-state index in [0.29, 0.717) is 11.8 Å². The minimum atomic E-state index is -0.345. The molecule has 1 aliphatic heterocycles. The lowest BCUT2D eigenvalue weighted by Gasteiger charge is -2.08. The lowest BCUT2D eigenvalue weighted by molar-refractivity contribution is 0.0994. The molecule has 0 unspecified atom stereocenters. The van der Waals surface area contributed by atoms with Crippen LogP contribution in [0.25, 0.3) is 11.4 Å². The summed E-state index contributed by atoms with van der Waals surface area (Å²) in [5, 5.41) is 4.50. The molecule has 0 amide bonds. The Hall–Kier alpha value is -1.27. The van der Waals surface area contributed by atoms with E-state index in [4.69, 9.17) is 4.74 Å². The van der Waals surface area contributed by atoms with Gasteiger partial charge in [-0.2, -0.15) is 5.10 Å². The van der Waals surface area contributed by atoms with Gasteiger partial charge in [0.05, 0.1) is 22.5 Å². The van der Waals surface area contributed by atoms with E-state index in [0.717, 1.165) is 42.6 Å². The summed E-state index contributed by atoms with van der Waals surface area (Å²) in [6.45, 7) is 1.68. The van der Waals surface area contributed by atoms with Crippen molar-refractivity contribution in [3.63, 3.8) is 0 Å². The van der Waals surface area contributed by atoms with Gasteiger partial charge in [0.25, 0.3) is 0 Å². The molecule has 0 aliphatic carbocycles. The first-order valence-corrected chi connectivity index (χ1v) is 7.48. The largest absolute Gasteiger partial charge is 0.378 e. The van der Waals surface area contributed by atoms with Crippen LogP contribution in [0, 0.1) is 5.82 Å². The maximum Gasteiger partial charge on any atom is 0.141 e. The third kappa shape index (κ3) is 3.07. The van der Waals surface area contributed by atoms with Crippen LogP contribution >= 0.6 is 15.9 Å². The van der Waals surface area contributed by atoms with Gasteiger partial charge in [-0.15, -0.1) is 0 Å². The zero-order chi connectivity index (χ0) is 13.9. The Bertz CT molecular complexity index is 579. The summed E-state index contributed by atoms with van der Waals surface area (Å²) in [4.78, 5) is 4.05. The minimum Gasteiger partial charge on any atom is -0.378 e. The molecule has 0 spiro atoms. The number of nitrogens with zero attached hydrogens (tertiary/aromatic N) is 3. The molecule has 0 aromatic carbocycles. The Balaban J connectivity index is 1.71. The third-order valence-corrected chi connectivity index (χ3v) is 3.97. The fourth-order valence-corrected chi connectivity index (χ4v) is 2.87. The molecule has 0 N–H and O–H groups in total. The quantitative estimate of drug-likeness (QED) is 0.856. The van der Waals surface area contributed by atoms with Gasteiger partial charge in [-0.1, -0.05) is 0 Å². The molecule has 4 nitrogen and oxygen atoms in total. The molecular formula is C14H15BrFN3O. The number of aromatic nitrogens is 3. The Morgan fingerprint density at radius 3 is 3.05 bits per heavy atom. The highest BCUT2D eigenvalue weighted by molar-refractivity contribution is 9.10.